The molecule has 2 aromatic rings. The molecule has 1 aliphatic heterocycles. The van der Waals surface area contributed by atoms with Crippen molar-refractivity contribution in [2.24, 2.45) is 5.92 Å². The van der Waals surface area contributed by atoms with Gasteiger partial charge in [0.05, 0.1) is 10.6 Å². The quantitative estimate of drug-likeness (QED) is 0.827. The number of hydrogen-bond acceptors (Lipinski definition) is 3. The first kappa shape index (κ1) is 17.2. The summed E-state index contributed by atoms with van der Waals surface area (Å²) in [5.74, 6) is 0.385. The lowest BCUT2D eigenvalue weighted by molar-refractivity contribution is 0.0945. The van der Waals surface area contributed by atoms with Crippen LogP contribution >= 0.6 is 27.5 Å². The normalized spacial score (nSPS) is 15.3. The maximum absolute atomic E-state index is 12.3. The molecule has 126 valence electrons. The van der Waals surface area contributed by atoms with E-state index in [0.29, 0.717) is 23.0 Å². The molecule has 0 atom stereocenters. The highest BCUT2D eigenvalue weighted by atomic mass is 79.9. The Morgan fingerprint density at radius 2 is 1.96 bits per heavy atom. The van der Waals surface area contributed by atoms with E-state index in [9.17, 15) is 4.79 Å². The Kier molecular flexibility index (Phi) is 5.74. The third-order valence-electron chi connectivity index (χ3n) is 4.37. The maximum Gasteiger partial charge on any atom is 0.252 e. The SMILES string of the molecule is O=C(NCC1CCN(c2ccncc2)CC1)c1cc(Br)ccc1Cl. The molecule has 4 nitrogen and oxygen atoms in total. The number of nitrogens with zero attached hydrogens (tertiary/aromatic N) is 2. The zero-order chi connectivity index (χ0) is 16.9. The van der Waals surface area contributed by atoms with Gasteiger partial charge in [-0.1, -0.05) is 27.5 Å². The predicted molar refractivity (Wildman–Crippen MR) is 101 cm³/mol. The number of benzene rings is 1. The number of hydrogen-bond donors (Lipinski definition) is 1. The van der Waals surface area contributed by atoms with Gasteiger partial charge < -0.3 is 10.2 Å². The Morgan fingerprint density at radius 1 is 1.25 bits per heavy atom. The van der Waals surface area contributed by atoms with E-state index in [0.717, 1.165) is 30.4 Å². The van der Waals surface area contributed by atoms with Gasteiger partial charge in [-0.05, 0) is 49.1 Å². The third-order valence-corrected chi connectivity index (χ3v) is 5.19. The van der Waals surface area contributed by atoms with Crippen molar-refractivity contribution in [3.05, 3.63) is 57.8 Å². The highest BCUT2D eigenvalue weighted by molar-refractivity contribution is 9.10. The number of rotatable bonds is 4. The summed E-state index contributed by atoms with van der Waals surface area (Å²) < 4.78 is 0.850. The van der Waals surface area contributed by atoms with E-state index in [2.05, 4.69) is 31.1 Å². The first-order valence-electron chi connectivity index (χ1n) is 8.01. The number of nitrogens with one attached hydrogen (secondary N) is 1. The van der Waals surface area contributed by atoms with E-state index in [-0.39, 0.29) is 5.91 Å². The highest BCUT2D eigenvalue weighted by Crippen LogP contribution is 2.23. The average molecular weight is 409 g/mol. The van der Waals surface area contributed by atoms with Gasteiger partial charge >= 0.3 is 0 Å². The molecular weight excluding hydrogens is 390 g/mol. The van der Waals surface area contributed by atoms with Crippen molar-refractivity contribution in [1.29, 1.82) is 0 Å². The van der Waals surface area contributed by atoms with Crippen molar-refractivity contribution >= 4 is 39.1 Å². The lowest BCUT2D eigenvalue weighted by Crippen LogP contribution is -2.38. The number of halogens is 2. The van der Waals surface area contributed by atoms with Crippen LogP contribution in [0.15, 0.2) is 47.2 Å². The highest BCUT2D eigenvalue weighted by Gasteiger charge is 2.20. The molecule has 24 heavy (non-hydrogen) atoms. The van der Waals surface area contributed by atoms with E-state index in [4.69, 9.17) is 11.6 Å². The van der Waals surface area contributed by atoms with Crippen molar-refractivity contribution < 1.29 is 4.79 Å². The van der Waals surface area contributed by atoms with Crippen LogP contribution in [0.4, 0.5) is 5.69 Å². The van der Waals surface area contributed by atoms with Crippen LogP contribution in [0.3, 0.4) is 0 Å². The number of piperidine rings is 1. The van der Waals surface area contributed by atoms with Crippen molar-refractivity contribution in [3.63, 3.8) is 0 Å². The molecule has 0 saturated carbocycles. The summed E-state index contributed by atoms with van der Waals surface area (Å²) in [7, 11) is 0. The Bertz CT molecular complexity index is 703. The van der Waals surface area contributed by atoms with Crippen LogP contribution in [-0.4, -0.2) is 30.5 Å². The molecule has 2 heterocycles. The summed E-state index contributed by atoms with van der Waals surface area (Å²) in [6, 6.07) is 9.39. The molecule has 0 radical (unpaired) electrons. The first-order valence-corrected chi connectivity index (χ1v) is 9.19. The second-order valence-electron chi connectivity index (χ2n) is 5.97. The molecule has 0 aliphatic carbocycles. The van der Waals surface area contributed by atoms with Gasteiger partial charge in [0.25, 0.3) is 5.91 Å². The molecule has 0 bridgehead atoms. The fourth-order valence-corrected chi connectivity index (χ4v) is 3.52. The monoisotopic (exact) mass is 407 g/mol. The molecule has 1 N–H and O–H groups in total. The van der Waals surface area contributed by atoms with E-state index < -0.39 is 0 Å². The van der Waals surface area contributed by atoms with Crippen LogP contribution in [0.5, 0.6) is 0 Å². The Balaban J connectivity index is 1.50. The van der Waals surface area contributed by atoms with Gasteiger partial charge in [-0.3, -0.25) is 9.78 Å². The van der Waals surface area contributed by atoms with Crippen LogP contribution in [0.2, 0.25) is 5.02 Å². The molecule has 1 aliphatic rings. The minimum absolute atomic E-state index is 0.113. The Morgan fingerprint density at radius 3 is 2.67 bits per heavy atom. The fourth-order valence-electron chi connectivity index (χ4n) is 2.95. The van der Waals surface area contributed by atoms with Gasteiger partial charge in [-0.2, -0.15) is 0 Å². The summed E-state index contributed by atoms with van der Waals surface area (Å²) in [6.45, 7) is 2.69. The van der Waals surface area contributed by atoms with E-state index in [1.165, 1.54) is 5.69 Å². The molecule has 6 heteroatoms. The number of amides is 1. The molecular formula is C18H19BrClN3O. The van der Waals surface area contributed by atoms with Gasteiger partial charge in [0, 0.05) is 42.2 Å². The first-order chi connectivity index (χ1) is 11.6. The number of aromatic nitrogens is 1. The predicted octanol–water partition coefficient (Wildman–Crippen LogP) is 4.14. The summed E-state index contributed by atoms with van der Waals surface area (Å²) in [4.78, 5) is 18.7. The van der Waals surface area contributed by atoms with Gasteiger partial charge in [0.1, 0.15) is 0 Å². The number of carbonyl (C=O) groups excluding carboxylic acids is 1. The lowest BCUT2D eigenvalue weighted by atomic mass is 9.96. The smallest absolute Gasteiger partial charge is 0.252 e. The van der Waals surface area contributed by atoms with Gasteiger partial charge in [0.15, 0.2) is 0 Å². The Labute approximate surface area is 155 Å². The van der Waals surface area contributed by atoms with Crippen molar-refractivity contribution in [3.8, 4) is 0 Å². The standard InChI is InChI=1S/C18H19BrClN3O/c19-14-1-2-17(20)16(11-14)18(24)22-12-13-5-9-23(10-6-13)15-3-7-21-8-4-15/h1-4,7-8,11,13H,5-6,9-10,12H2,(H,22,24). The van der Waals surface area contributed by atoms with Gasteiger partial charge in [-0.25, -0.2) is 0 Å². The van der Waals surface area contributed by atoms with Crippen molar-refractivity contribution in [2.45, 2.75) is 12.8 Å². The van der Waals surface area contributed by atoms with E-state index in [1.54, 1.807) is 12.1 Å². The summed E-state index contributed by atoms with van der Waals surface area (Å²) in [5.41, 5.74) is 1.73. The van der Waals surface area contributed by atoms with Crippen LogP contribution < -0.4 is 10.2 Å². The minimum atomic E-state index is -0.113. The number of pyridine rings is 1. The molecule has 1 fully saturated rings. The zero-order valence-corrected chi connectivity index (χ0v) is 15.6. The molecule has 1 amide bonds. The van der Waals surface area contributed by atoms with Crippen LogP contribution in [0.1, 0.15) is 23.2 Å². The van der Waals surface area contributed by atoms with E-state index in [1.807, 2.05) is 30.6 Å². The Hall–Kier alpha value is -1.59. The molecule has 1 aromatic carbocycles. The largest absolute Gasteiger partial charge is 0.371 e. The van der Waals surface area contributed by atoms with Crippen molar-refractivity contribution in [1.82, 2.24) is 10.3 Å². The van der Waals surface area contributed by atoms with Crippen molar-refractivity contribution in [2.75, 3.05) is 24.5 Å². The van der Waals surface area contributed by atoms with Crippen LogP contribution in [-0.2, 0) is 0 Å². The summed E-state index contributed by atoms with van der Waals surface area (Å²) in [5, 5.41) is 3.49. The van der Waals surface area contributed by atoms with Crippen LogP contribution in [0.25, 0.3) is 0 Å². The topological polar surface area (TPSA) is 45.2 Å². The molecule has 3 rings (SSSR count). The summed E-state index contributed by atoms with van der Waals surface area (Å²) in [6.07, 6.45) is 5.77. The second-order valence-corrected chi connectivity index (χ2v) is 7.29. The number of anilines is 1. The second kappa shape index (κ2) is 7.99. The van der Waals surface area contributed by atoms with Crippen LogP contribution in [0, 0.1) is 5.92 Å². The number of carbonyl (C=O) groups is 1. The average Bonchev–Trinajstić information content (AvgIpc) is 2.63. The lowest BCUT2D eigenvalue weighted by Gasteiger charge is -2.33. The van der Waals surface area contributed by atoms with E-state index >= 15 is 0 Å². The molecule has 0 spiro atoms. The molecule has 1 saturated heterocycles. The summed E-state index contributed by atoms with van der Waals surface area (Å²) >= 11 is 9.48. The minimum Gasteiger partial charge on any atom is -0.371 e. The zero-order valence-electron chi connectivity index (χ0n) is 13.2. The molecule has 1 aromatic heterocycles. The fraction of sp³-hybridized carbons (Fsp3) is 0.333. The van der Waals surface area contributed by atoms with Gasteiger partial charge in [-0.15, -0.1) is 0 Å². The molecule has 0 unspecified atom stereocenters. The third kappa shape index (κ3) is 4.28. The van der Waals surface area contributed by atoms with Gasteiger partial charge in [0.2, 0.25) is 0 Å². The maximum atomic E-state index is 12.3.